The second-order valence-corrected chi connectivity index (χ2v) is 12.9. The molecule has 0 saturated heterocycles. The lowest BCUT2D eigenvalue weighted by atomic mass is 10.1. The Balaban J connectivity index is 1.32. The standard InChI is InChI=1S/C30H18Cl2N4O2S3/c1-37-17-5-9-23-21(13-17)27(19-7-3-15(31)11-25(19)33-23)39-29-35-30(41-36-29)40-28-20-8-4-16(32)12-26(20)34-24-10-6-18(38-2)14-22(24)28/h3-14H,1-2H3. The summed E-state index contributed by atoms with van der Waals surface area (Å²) in [5, 5.41) is 5.81. The van der Waals surface area contributed by atoms with Crippen LogP contribution < -0.4 is 9.47 Å². The van der Waals surface area contributed by atoms with E-state index in [1.54, 1.807) is 26.0 Å². The number of benzene rings is 4. The fourth-order valence-corrected chi connectivity index (χ4v) is 7.93. The predicted molar refractivity (Wildman–Crippen MR) is 170 cm³/mol. The van der Waals surface area contributed by atoms with E-state index in [2.05, 4.69) is 0 Å². The van der Waals surface area contributed by atoms with Gasteiger partial charge in [0, 0.05) is 41.4 Å². The highest BCUT2D eigenvalue weighted by molar-refractivity contribution is 8.01. The summed E-state index contributed by atoms with van der Waals surface area (Å²) in [6, 6.07) is 23.2. The second kappa shape index (κ2) is 10.8. The van der Waals surface area contributed by atoms with Crippen LogP contribution in [0.4, 0.5) is 0 Å². The van der Waals surface area contributed by atoms with Crippen molar-refractivity contribution in [3.8, 4) is 11.5 Å². The van der Waals surface area contributed by atoms with Crippen LogP contribution in [0, 0.1) is 0 Å². The average molecular weight is 634 g/mol. The Morgan fingerprint density at radius 2 is 1.12 bits per heavy atom. The summed E-state index contributed by atoms with van der Waals surface area (Å²) >= 11 is 17.0. The van der Waals surface area contributed by atoms with Crippen LogP contribution in [0.2, 0.25) is 10.0 Å². The normalized spacial score (nSPS) is 11.6. The first-order chi connectivity index (χ1) is 20.0. The molecule has 7 rings (SSSR count). The van der Waals surface area contributed by atoms with E-state index in [9.17, 15) is 0 Å². The molecule has 0 aliphatic rings. The maximum Gasteiger partial charge on any atom is 0.206 e. The maximum absolute atomic E-state index is 6.31. The quantitative estimate of drug-likeness (QED) is 0.168. The molecular weight excluding hydrogens is 615 g/mol. The number of rotatable bonds is 6. The Labute approximate surface area is 257 Å². The molecule has 0 aliphatic heterocycles. The summed E-state index contributed by atoms with van der Waals surface area (Å²) < 4.78 is 16.6. The molecule has 202 valence electrons. The Bertz CT molecular complexity index is 1990. The topological polar surface area (TPSA) is 70.0 Å². The van der Waals surface area contributed by atoms with Crippen molar-refractivity contribution < 1.29 is 9.47 Å². The van der Waals surface area contributed by atoms with Crippen molar-refractivity contribution in [3.05, 3.63) is 82.8 Å². The Hall–Kier alpha value is -3.34. The van der Waals surface area contributed by atoms with Gasteiger partial charge in [0.1, 0.15) is 11.5 Å². The molecule has 0 bridgehead atoms. The number of pyridine rings is 2. The molecule has 3 heterocycles. The van der Waals surface area contributed by atoms with Crippen LogP contribution in [-0.4, -0.2) is 33.5 Å². The van der Waals surface area contributed by atoms with Crippen molar-refractivity contribution in [2.75, 3.05) is 14.2 Å². The minimum Gasteiger partial charge on any atom is -0.497 e. The van der Waals surface area contributed by atoms with Gasteiger partial charge in [-0.2, -0.15) is 4.37 Å². The summed E-state index contributed by atoms with van der Waals surface area (Å²) in [5.41, 5.74) is 3.32. The molecule has 0 spiro atoms. The largest absolute Gasteiger partial charge is 0.497 e. The van der Waals surface area contributed by atoms with Gasteiger partial charge in [-0.05, 0) is 84.0 Å². The van der Waals surface area contributed by atoms with Crippen LogP contribution in [0.1, 0.15) is 0 Å². The highest BCUT2D eigenvalue weighted by atomic mass is 35.5. The van der Waals surface area contributed by atoms with Gasteiger partial charge >= 0.3 is 0 Å². The molecule has 4 aromatic carbocycles. The van der Waals surface area contributed by atoms with Gasteiger partial charge < -0.3 is 9.47 Å². The number of hydrogen-bond acceptors (Lipinski definition) is 9. The van der Waals surface area contributed by atoms with Crippen molar-refractivity contribution in [1.29, 1.82) is 0 Å². The molecule has 0 radical (unpaired) electrons. The molecule has 7 aromatic rings. The summed E-state index contributed by atoms with van der Waals surface area (Å²) in [4.78, 5) is 16.6. The van der Waals surface area contributed by atoms with E-state index in [1.807, 2.05) is 72.8 Å². The van der Waals surface area contributed by atoms with Crippen molar-refractivity contribution in [3.63, 3.8) is 0 Å². The zero-order valence-corrected chi connectivity index (χ0v) is 25.5. The molecule has 0 N–H and O–H groups in total. The lowest BCUT2D eigenvalue weighted by Crippen LogP contribution is -1.90. The first kappa shape index (κ1) is 26.6. The van der Waals surface area contributed by atoms with Gasteiger partial charge in [0.15, 0.2) is 4.34 Å². The van der Waals surface area contributed by atoms with E-state index in [4.69, 9.17) is 52.0 Å². The molecule has 11 heteroatoms. The fraction of sp³-hybridized carbons (Fsp3) is 0.0667. The van der Waals surface area contributed by atoms with Gasteiger partial charge in [0.2, 0.25) is 5.16 Å². The number of methoxy groups -OCH3 is 2. The monoisotopic (exact) mass is 632 g/mol. The van der Waals surface area contributed by atoms with Crippen LogP contribution in [0.15, 0.2) is 92.1 Å². The number of fused-ring (bicyclic) bond motifs is 4. The Morgan fingerprint density at radius 1 is 0.585 bits per heavy atom. The van der Waals surface area contributed by atoms with Gasteiger partial charge in [-0.3, -0.25) is 0 Å². The van der Waals surface area contributed by atoms with Crippen LogP contribution in [0.3, 0.4) is 0 Å². The Morgan fingerprint density at radius 3 is 1.66 bits per heavy atom. The molecule has 3 aromatic heterocycles. The first-order valence-corrected chi connectivity index (χ1v) is 15.5. The second-order valence-electron chi connectivity index (χ2n) is 9.02. The van der Waals surface area contributed by atoms with Crippen LogP contribution in [0.25, 0.3) is 43.6 Å². The van der Waals surface area contributed by atoms with Crippen LogP contribution in [0.5, 0.6) is 11.5 Å². The van der Waals surface area contributed by atoms with Crippen molar-refractivity contribution in [1.82, 2.24) is 19.3 Å². The van der Waals surface area contributed by atoms with E-state index >= 15 is 0 Å². The summed E-state index contributed by atoms with van der Waals surface area (Å²) in [5.74, 6) is 1.51. The minimum absolute atomic E-state index is 0.633. The smallest absolute Gasteiger partial charge is 0.206 e. The number of hydrogen-bond donors (Lipinski definition) is 0. The lowest BCUT2D eigenvalue weighted by Gasteiger charge is -2.11. The third-order valence-corrected chi connectivity index (χ3v) is 10.0. The predicted octanol–water partition coefficient (Wildman–Crippen LogP) is 9.57. The molecule has 0 unspecified atom stereocenters. The maximum atomic E-state index is 6.31. The number of ether oxygens (including phenoxy) is 2. The number of aromatic nitrogens is 4. The Kier molecular flexibility index (Phi) is 7.00. The number of halogens is 2. The fourth-order valence-electron chi connectivity index (χ4n) is 4.65. The van der Waals surface area contributed by atoms with Gasteiger partial charge in [0.25, 0.3) is 0 Å². The van der Waals surface area contributed by atoms with Gasteiger partial charge in [-0.25, -0.2) is 15.0 Å². The SMILES string of the molecule is COc1ccc2nc3cc(Cl)ccc3c(Sc3nsc(Sc4c5ccc(Cl)cc5nc5ccc(OC)cc45)n3)c2c1. The average Bonchev–Trinajstić information content (AvgIpc) is 3.43. The molecular formula is C30H18Cl2N4O2S3. The summed E-state index contributed by atoms with van der Waals surface area (Å²) in [6.07, 6.45) is 0. The van der Waals surface area contributed by atoms with E-state index in [-0.39, 0.29) is 0 Å². The van der Waals surface area contributed by atoms with E-state index in [0.717, 1.165) is 69.2 Å². The van der Waals surface area contributed by atoms with Crippen molar-refractivity contribution in [2.45, 2.75) is 19.3 Å². The molecule has 0 saturated carbocycles. The molecule has 41 heavy (non-hydrogen) atoms. The zero-order valence-electron chi connectivity index (χ0n) is 21.5. The van der Waals surface area contributed by atoms with Crippen LogP contribution in [-0.2, 0) is 0 Å². The summed E-state index contributed by atoms with van der Waals surface area (Å²) in [6.45, 7) is 0. The number of nitrogens with zero attached hydrogens (tertiary/aromatic N) is 4. The highest BCUT2D eigenvalue weighted by Gasteiger charge is 2.18. The zero-order chi connectivity index (χ0) is 28.1. The van der Waals surface area contributed by atoms with E-state index < -0.39 is 0 Å². The minimum atomic E-state index is 0.633. The third-order valence-electron chi connectivity index (χ3n) is 6.56. The third kappa shape index (κ3) is 5.02. The van der Waals surface area contributed by atoms with E-state index in [0.29, 0.717) is 15.2 Å². The van der Waals surface area contributed by atoms with Gasteiger partial charge in [-0.1, -0.05) is 47.1 Å². The lowest BCUT2D eigenvalue weighted by molar-refractivity contribution is 0.415. The van der Waals surface area contributed by atoms with E-state index in [1.165, 1.54) is 23.3 Å². The molecule has 0 fully saturated rings. The van der Waals surface area contributed by atoms with Crippen molar-refractivity contribution in [2.24, 2.45) is 0 Å². The molecule has 0 atom stereocenters. The summed E-state index contributed by atoms with van der Waals surface area (Å²) in [7, 11) is 3.32. The van der Waals surface area contributed by atoms with Gasteiger partial charge in [-0.15, -0.1) is 0 Å². The molecule has 6 nitrogen and oxygen atoms in total. The molecule has 0 amide bonds. The van der Waals surface area contributed by atoms with Crippen molar-refractivity contribution >= 4 is 102 Å². The molecule has 0 aliphatic carbocycles. The highest BCUT2D eigenvalue weighted by Crippen LogP contribution is 2.43. The van der Waals surface area contributed by atoms with Gasteiger partial charge in [0.05, 0.1) is 36.3 Å². The first-order valence-electron chi connectivity index (χ1n) is 12.3. The van der Waals surface area contributed by atoms with Crippen LogP contribution >= 0.6 is 58.3 Å².